The summed E-state index contributed by atoms with van der Waals surface area (Å²) in [6.07, 6.45) is 1.43. The van der Waals surface area contributed by atoms with E-state index in [0.29, 0.717) is 6.42 Å². The van der Waals surface area contributed by atoms with Gasteiger partial charge in [0.1, 0.15) is 12.0 Å². The molecule has 1 unspecified atom stereocenters. The van der Waals surface area contributed by atoms with E-state index in [9.17, 15) is 4.79 Å². The van der Waals surface area contributed by atoms with Crippen molar-refractivity contribution >= 4 is 6.29 Å². The lowest BCUT2D eigenvalue weighted by atomic mass is 9.87. The van der Waals surface area contributed by atoms with Crippen molar-refractivity contribution in [3.63, 3.8) is 0 Å². The van der Waals surface area contributed by atoms with E-state index in [0.717, 1.165) is 23.2 Å². The molecule has 0 spiro atoms. The van der Waals surface area contributed by atoms with Crippen molar-refractivity contribution in [3.8, 4) is 5.75 Å². The topological polar surface area (TPSA) is 26.3 Å². The molecule has 2 rings (SSSR count). The van der Waals surface area contributed by atoms with Crippen LogP contribution in [0.2, 0.25) is 0 Å². The second-order valence-corrected chi connectivity index (χ2v) is 4.61. The van der Waals surface area contributed by atoms with Gasteiger partial charge in [0.2, 0.25) is 0 Å². The molecule has 0 aliphatic rings. The molecule has 19 heavy (non-hydrogen) atoms. The average Bonchev–Trinajstić information content (AvgIpc) is 2.45. The highest BCUT2D eigenvalue weighted by atomic mass is 16.5. The highest BCUT2D eigenvalue weighted by Gasteiger charge is 2.17. The molecular weight excluding hydrogens is 236 g/mol. The summed E-state index contributed by atoms with van der Waals surface area (Å²) in [5.74, 6) is 0.884. The lowest BCUT2D eigenvalue weighted by Crippen LogP contribution is -2.04. The number of ether oxygens (including phenoxy) is 1. The number of aryl methyl sites for hydroxylation is 1. The van der Waals surface area contributed by atoms with E-state index in [-0.39, 0.29) is 5.92 Å². The van der Waals surface area contributed by atoms with Gasteiger partial charge in [0.15, 0.2) is 0 Å². The van der Waals surface area contributed by atoms with Crippen LogP contribution in [0.3, 0.4) is 0 Å². The Morgan fingerprint density at radius 1 is 1.16 bits per heavy atom. The third-order valence-corrected chi connectivity index (χ3v) is 3.29. The Morgan fingerprint density at radius 3 is 2.53 bits per heavy atom. The van der Waals surface area contributed by atoms with Crippen molar-refractivity contribution in [2.75, 3.05) is 7.11 Å². The number of methoxy groups -OCH3 is 1. The predicted molar refractivity (Wildman–Crippen MR) is 76.7 cm³/mol. The van der Waals surface area contributed by atoms with Crippen LogP contribution in [-0.4, -0.2) is 13.4 Å². The maximum Gasteiger partial charge on any atom is 0.122 e. The third kappa shape index (κ3) is 3.02. The molecule has 1 atom stereocenters. The fraction of sp³-hybridized carbons (Fsp3) is 0.235. The number of benzene rings is 2. The summed E-state index contributed by atoms with van der Waals surface area (Å²) >= 11 is 0. The van der Waals surface area contributed by atoms with Crippen LogP contribution in [0.25, 0.3) is 0 Å². The van der Waals surface area contributed by atoms with Crippen molar-refractivity contribution in [2.24, 2.45) is 0 Å². The summed E-state index contributed by atoms with van der Waals surface area (Å²) in [7, 11) is 1.66. The monoisotopic (exact) mass is 254 g/mol. The zero-order chi connectivity index (χ0) is 13.7. The lowest BCUT2D eigenvalue weighted by molar-refractivity contribution is -0.108. The van der Waals surface area contributed by atoms with E-state index < -0.39 is 0 Å². The Labute approximate surface area is 114 Å². The number of aldehydes is 1. The summed E-state index contributed by atoms with van der Waals surface area (Å²) in [6.45, 7) is 2.05. The first-order valence-corrected chi connectivity index (χ1v) is 6.39. The number of hydrogen-bond donors (Lipinski definition) is 0. The first-order valence-electron chi connectivity index (χ1n) is 6.39. The molecule has 0 aromatic heterocycles. The van der Waals surface area contributed by atoms with Gasteiger partial charge in [0.25, 0.3) is 0 Å². The van der Waals surface area contributed by atoms with Gasteiger partial charge in [-0.1, -0.05) is 48.0 Å². The maximum atomic E-state index is 11.0. The van der Waals surface area contributed by atoms with Gasteiger partial charge >= 0.3 is 0 Å². The van der Waals surface area contributed by atoms with Crippen molar-refractivity contribution in [1.29, 1.82) is 0 Å². The summed E-state index contributed by atoms with van der Waals surface area (Å²) < 4.78 is 5.43. The normalized spacial score (nSPS) is 11.9. The fourth-order valence-electron chi connectivity index (χ4n) is 2.35. The van der Waals surface area contributed by atoms with E-state index in [2.05, 4.69) is 18.2 Å². The van der Waals surface area contributed by atoms with E-state index in [1.165, 1.54) is 5.56 Å². The van der Waals surface area contributed by atoms with Gasteiger partial charge in [-0.15, -0.1) is 0 Å². The Bertz CT molecular complexity index is 546. The van der Waals surface area contributed by atoms with Gasteiger partial charge in [-0.25, -0.2) is 0 Å². The van der Waals surface area contributed by atoms with Gasteiger partial charge in [0, 0.05) is 17.9 Å². The average molecular weight is 254 g/mol. The van der Waals surface area contributed by atoms with E-state index >= 15 is 0 Å². The molecule has 0 bridgehead atoms. The Kier molecular flexibility index (Phi) is 4.35. The van der Waals surface area contributed by atoms with Crippen LogP contribution in [-0.2, 0) is 4.79 Å². The molecule has 0 N–H and O–H groups in total. The first-order chi connectivity index (χ1) is 9.26. The smallest absolute Gasteiger partial charge is 0.122 e. The number of carbonyl (C=O) groups excluding carboxylic acids is 1. The molecule has 2 nitrogen and oxygen atoms in total. The van der Waals surface area contributed by atoms with Crippen molar-refractivity contribution < 1.29 is 9.53 Å². The van der Waals surface area contributed by atoms with E-state index in [4.69, 9.17) is 4.74 Å². The van der Waals surface area contributed by atoms with Gasteiger partial charge in [0.05, 0.1) is 7.11 Å². The Balaban J connectivity index is 2.50. The quantitative estimate of drug-likeness (QED) is 0.760. The molecule has 0 radical (unpaired) electrons. The maximum absolute atomic E-state index is 11.0. The van der Waals surface area contributed by atoms with Gasteiger partial charge < -0.3 is 9.53 Å². The van der Waals surface area contributed by atoms with Gasteiger partial charge in [-0.05, 0) is 18.6 Å². The molecule has 98 valence electrons. The molecule has 0 aliphatic heterocycles. The first kappa shape index (κ1) is 13.3. The van der Waals surface area contributed by atoms with Crippen molar-refractivity contribution in [3.05, 3.63) is 65.2 Å². The third-order valence-electron chi connectivity index (χ3n) is 3.29. The summed E-state index contributed by atoms with van der Waals surface area (Å²) in [5.41, 5.74) is 3.38. The molecule has 0 aliphatic carbocycles. The zero-order valence-electron chi connectivity index (χ0n) is 11.3. The second kappa shape index (κ2) is 6.19. The molecule has 2 heteroatoms. The van der Waals surface area contributed by atoms with Crippen LogP contribution in [0.5, 0.6) is 5.75 Å². The lowest BCUT2D eigenvalue weighted by Gasteiger charge is -2.19. The molecule has 2 aromatic carbocycles. The van der Waals surface area contributed by atoms with Crippen LogP contribution in [0, 0.1) is 6.92 Å². The molecular formula is C17H18O2. The molecule has 0 fully saturated rings. The van der Waals surface area contributed by atoms with Crippen LogP contribution >= 0.6 is 0 Å². The molecule has 0 amide bonds. The summed E-state index contributed by atoms with van der Waals surface area (Å²) in [6, 6.07) is 16.2. The van der Waals surface area contributed by atoms with Crippen molar-refractivity contribution in [2.45, 2.75) is 19.3 Å². The molecule has 0 saturated heterocycles. The van der Waals surface area contributed by atoms with Crippen LogP contribution in [0.1, 0.15) is 29.0 Å². The van der Waals surface area contributed by atoms with E-state index in [1.54, 1.807) is 7.11 Å². The number of carbonyl (C=O) groups is 1. The molecule has 0 heterocycles. The minimum Gasteiger partial charge on any atom is -0.496 e. The van der Waals surface area contributed by atoms with Crippen LogP contribution in [0.15, 0.2) is 48.5 Å². The predicted octanol–water partition coefficient (Wildman–Crippen LogP) is 3.72. The minimum absolute atomic E-state index is 0.0496. The minimum atomic E-state index is 0.0496. The van der Waals surface area contributed by atoms with Crippen LogP contribution in [0.4, 0.5) is 0 Å². The Morgan fingerprint density at radius 2 is 1.89 bits per heavy atom. The second-order valence-electron chi connectivity index (χ2n) is 4.61. The van der Waals surface area contributed by atoms with E-state index in [1.807, 2.05) is 37.3 Å². The zero-order valence-corrected chi connectivity index (χ0v) is 11.3. The van der Waals surface area contributed by atoms with Gasteiger partial charge in [-0.3, -0.25) is 0 Å². The van der Waals surface area contributed by atoms with Crippen molar-refractivity contribution in [1.82, 2.24) is 0 Å². The largest absolute Gasteiger partial charge is 0.496 e. The number of rotatable bonds is 5. The Hall–Kier alpha value is -2.09. The molecule has 0 saturated carbocycles. The van der Waals surface area contributed by atoms with Gasteiger partial charge in [-0.2, -0.15) is 0 Å². The summed E-state index contributed by atoms with van der Waals surface area (Å²) in [4.78, 5) is 11.0. The SMILES string of the molecule is COc1ccc(C)cc1C(CC=O)c1ccccc1. The highest BCUT2D eigenvalue weighted by Crippen LogP contribution is 2.34. The molecule has 2 aromatic rings. The standard InChI is InChI=1S/C17H18O2/c1-13-8-9-17(19-2)16(12-13)15(10-11-18)14-6-4-3-5-7-14/h3-9,11-12,15H,10H2,1-2H3. The highest BCUT2D eigenvalue weighted by molar-refractivity contribution is 5.56. The number of hydrogen-bond acceptors (Lipinski definition) is 2. The van der Waals surface area contributed by atoms with Crippen LogP contribution < -0.4 is 4.74 Å². The summed E-state index contributed by atoms with van der Waals surface area (Å²) in [5, 5.41) is 0. The fourth-order valence-corrected chi connectivity index (χ4v) is 2.35.